The molecule has 0 atom stereocenters. The molecule has 0 spiro atoms. The number of rotatable bonds is 8. The number of anilines is 2. The van der Waals surface area contributed by atoms with Gasteiger partial charge in [0, 0.05) is 30.3 Å². The predicted molar refractivity (Wildman–Crippen MR) is 112 cm³/mol. The predicted octanol–water partition coefficient (Wildman–Crippen LogP) is 3.91. The average molecular weight is 392 g/mol. The zero-order valence-corrected chi connectivity index (χ0v) is 16.6. The molecule has 0 saturated heterocycles. The van der Waals surface area contributed by atoms with Crippen LogP contribution in [0.2, 0.25) is 0 Å². The van der Waals surface area contributed by atoms with Crippen LogP contribution in [0.3, 0.4) is 0 Å². The van der Waals surface area contributed by atoms with Crippen molar-refractivity contribution in [3.05, 3.63) is 70.8 Å². The lowest BCUT2D eigenvalue weighted by Crippen LogP contribution is -2.27. The Labute approximate surface area is 169 Å². The molecule has 7 heteroatoms. The van der Waals surface area contributed by atoms with Crippen LogP contribution in [0.5, 0.6) is 0 Å². The molecule has 3 rings (SSSR count). The monoisotopic (exact) mass is 392 g/mol. The fourth-order valence-electron chi connectivity index (χ4n) is 2.92. The first-order valence-corrected chi connectivity index (χ1v) is 9.66. The van der Waals surface area contributed by atoms with Crippen LogP contribution in [0.15, 0.2) is 59.7 Å². The number of nitrogens with zero attached hydrogens (tertiary/aromatic N) is 3. The molecule has 0 fully saturated rings. The number of pyridine rings is 1. The molecule has 150 valence electrons. The minimum atomic E-state index is -0.307. The smallest absolute Gasteiger partial charge is 0.306 e. The van der Waals surface area contributed by atoms with Crippen LogP contribution in [-0.4, -0.2) is 20.7 Å². The van der Waals surface area contributed by atoms with Crippen molar-refractivity contribution in [2.75, 3.05) is 5.32 Å². The van der Waals surface area contributed by atoms with Gasteiger partial charge in [-0.15, -0.1) is 0 Å². The molecule has 0 saturated carbocycles. The van der Waals surface area contributed by atoms with Crippen molar-refractivity contribution in [1.82, 2.24) is 14.8 Å². The Morgan fingerprint density at radius 2 is 1.93 bits per heavy atom. The summed E-state index contributed by atoms with van der Waals surface area (Å²) < 4.78 is 6.86. The van der Waals surface area contributed by atoms with Crippen LogP contribution in [0.1, 0.15) is 32.3 Å². The number of carbonyl (C=O) groups is 1. The highest BCUT2D eigenvalue weighted by Gasteiger charge is 2.20. The molecule has 29 heavy (non-hydrogen) atoms. The average Bonchev–Trinajstić information content (AvgIpc) is 2.75. The zero-order valence-electron chi connectivity index (χ0n) is 16.6. The van der Waals surface area contributed by atoms with Gasteiger partial charge in [-0.05, 0) is 25.5 Å². The molecule has 0 aliphatic rings. The van der Waals surface area contributed by atoms with E-state index in [1.807, 2.05) is 50.2 Å². The summed E-state index contributed by atoms with van der Waals surface area (Å²) >= 11 is 0. The summed E-state index contributed by atoms with van der Waals surface area (Å²) in [5.41, 5.74) is 2.70. The number of nitrogens with one attached hydrogen (secondary N) is 1. The van der Waals surface area contributed by atoms with Gasteiger partial charge in [0.05, 0.1) is 17.6 Å². The van der Waals surface area contributed by atoms with E-state index in [-0.39, 0.29) is 18.1 Å². The van der Waals surface area contributed by atoms with E-state index in [0.29, 0.717) is 42.0 Å². The van der Waals surface area contributed by atoms with Gasteiger partial charge in [-0.1, -0.05) is 37.3 Å². The molecule has 0 aliphatic carbocycles. The van der Waals surface area contributed by atoms with E-state index in [4.69, 9.17) is 4.74 Å². The molecule has 0 bridgehead atoms. The van der Waals surface area contributed by atoms with E-state index in [1.54, 1.807) is 18.5 Å². The van der Waals surface area contributed by atoms with Crippen molar-refractivity contribution in [3.8, 4) is 11.3 Å². The van der Waals surface area contributed by atoms with E-state index in [1.165, 1.54) is 4.68 Å². The van der Waals surface area contributed by atoms with Crippen LogP contribution >= 0.6 is 0 Å². The Morgan fingerprint density at radius 3 is 2.59 bits per heavy atom. The number of carbonyl (C=O) groups excluding carboxylic acids is 1. The summed E-state index contributed by atoms with van der Waals surface area (Å²) in [5.74, 6) is -0.307. The highest BCUT2D eigenvalue weighted by atomic mass is 16.5. The molecular formula is C22H24N4O3. The first-order chi connectivity index (χ1) is 14.1. The van der Waals surface area contributed by atoms with E-state index >= 15 is 0 Å². The number of aryl methyl sites for hydroxylation is 1. The lowest BCUT2D eigenvalue weighted by molar-refractivity contribution is -0.144. The molecule has 2 heterocycles. The summed E-state index contributed by atoms with van der Waals surface area (Å²) in [5, 5.41) is 7.70. The number of esters is 1. The molecule has 1 aromatic carbocycles. The number of benzene rings is 1. The molecule has 3 aromatic rings. The Hall–Kier alpha value is -3.48. The molecule has 0 radical (unpaired) electrons. The van der Waals surface area contributed by atoms with Gasteiger partial charge in [-0.2, -0.15) is 5.10 Å². The van der Waals surface area contributed by atoms with Gasteiger partial charge in [0.2, 0.25) is 0 Å². The van der Waals surface area contributed by atoms with Crippen LogP contribution in [-0.2, 0) is 22.7 Å². The SMILES string of the molecule is CCCC(=O)OCc1c(-c2ccccc2)nn(CC)c(=O)c1Nc1cccnc1. The Balaban J connectivity index is 2.14. The molecule has 7 nitrogen and oxygen atoms in total. The summed E-state index contributed by atoms with van der Waals surface area (Å²) in [6.45, 7) is 4.14. The van der Waals surface area contributed by atoms with Crippen LogP contribution in [0.25, 0.3) is 11.3 Å². The first-order valence-electron chi connectivity index (χ1n) is 9.66. The van der Waals surface area contributed by atoms with Gasteiger partial charge < -0.3 is 10.1 Å². The van der Waals surface area contributed by atoms with Crippen molar-refractivity contribution in [3.63, 3.8) is 0 Å². The highest BCUT2D eigenvalue weighted by Crippen LogP contribution is 2.27. The highest BCUT2D eigenvalue weighted by molar-refractivity contribution is 5.74. The second-order valence-electron chi connectivity index (χ2n) is 6.47. The third-order valence-corrected chi connectivity index (χ3v) is 4.37. The van der Waals surface area contributed by atoms with Crippen molar-refractivity contribution in [2.45, 2.75) is 39.8 Å². The van der Waals surface area contributed by atoms with Gasteiger partial charge in [-0.25, -0.2) is 4.68 Å². The largest absolute Gasteiger partial charge is 0.461 e. The minimum absolute atomic E-state index is 0.0432. The van der Waals surface area contributed by atoms with Gasteiger partial charge in [0.15, 0.2) is 0 Å². The zero-order chi connectivity index (χ0) is 20.6. The van der Waals surface area contributed by atoms with E-state index < -0.39 is 0 Å². The lowest BCUT2D eigenvalue weighted by atomic mass is 10.1. The van der Waals surface area contributed by atoms with Gasteiger partial charge in [0.1, 0.15) is 12.3 Å². The summed E-state index contributed by atoms with van der Waals surface area (Å²) in [7, 11) is 0. The Morgan fingerprint density at radius 1 is 1.14 bits per heavy atom. The maximum absolute atomic E-state index is 13.1. The molecule has 1 N–H and O–H groups in total. The summed E-state index contributed by atoms with van der Waals surface area (Å²) in [6, 6.07) is 13.1. The van der Waals surface area contributed by atoms with Gasteiger partial charge >= 0.3 is 5.97 Å². The van der Waals surface area contributed by atoms with Gasteiger partial charge in [-0.3, -0.25) is 14.6 Å². The van der Waals surface area contributed by atoms with Crippen molar-refractivity contribution < 1.29 is 9.53 Å². The topological polar surface area (TPSA) is 86.1 Å². The maximum atomic E-state index is 13.1. The standard InChI is InChI=1S/C22H24N4O3/c1-3-9-19(27)29-15-18-20(16-10-6-5-7-11-16)25-26(4-2)22(28)21(18)24-17-12-8-13-23-14-17/h5-8,10-14,24H,3-4,9,15H2,1-2H3. The number of hydrogen-bond donors (Lipinski definition) is 1. The summed E-state index contributed by atoms with van der Waals surface area (Å²) in [4.78, 5) is 29.1. The third kappa shape index (κ3) is 4.87. The minimum Gasteiger partial charge on any atom is -0.461 e. The third-order valence-electron chi connectivity index (χ3n) is 4.37. The van der Waals surface area contributed by atoms with Crippen molar-refractivity contribution >= 4 is 17.3 Å². The van der Waals surface area contributed by atoms with Crippen LogP contribution in [0.4, 0.5) is 11.4 Å². The number of ether oxygens (including phenoxy) is 1. The first kappa shape index (κ1) is 20.3. The van der Waals surface area contributed by atoms with Gasteiger partial charge in [0.25, 0.3) is 5.56 Å². The Kier molecular flexibility index (Phi) is 6.73. The fourth-order valence-corrected chi connectivity index (χ4v) is 2.92. The molecule has 0 amide bonds. The molecule has 0 unspecified atom stereocenters. The normalized spacial score (nSPS) is 10.6. The number of hydrogen-bond acceptors (Lipinski definition) is 6. The molecular weight excluding hydrogens is 368 g/mol. The van der Waals surface area contributed by atoms with E-state index in [0.717, 1.165) is 5.56 Å². The van der Waals surface area contributed by atoms with E-state index in [9.17, 15) is 9.59 Å². The van der Waals surface area contributed by atoms with Crippen molar-refractivity contribution in [1.29, 1.82) is 0 Å². The van der Waals surface area contributed by atoms with Crippen molar-refractivity contribution in [2.24, 2.45) is 0 Å². The van der Waals surface area contributed by atoms with Crippen LogP contribution in [0, 0.1) is 0 Å². The lowest BCUT2D eigenvalue weighted by Gasteiger charge is -2.17. The molecule has 0 aliphatic heterocycles. The second kappa shape index (κ2) is 9.64. The molecule has 2 aromatic heterocycles. The van der Waals surface area contributed by atoms with E-state index in [2.05, 4.69) is 15.4 Å². The summed E-state index contributed by atoms with van der Waals surface area (Å²) in [6.07, 6.45) is 4.31. The Bertz CT molecular complexity index is 1020. The quantitative estimate of drug-likeness (QED) is 0.585. The van der Waals surface area contributed by atoms with Crippen LogP contribution < -0.4 is 10.9 Å². The fraction of sp³-hybridized carbons (Fsp3) is 0.273. The second-order valence-corrected chi connectivity index (χ2v) is 6.47. The maximum Gasteiger partial charge on any atom is 0.306 e. The number of aromatic nitrogens is 3.